The predicted octanol–water partition coefficient (Wildman–Crippen LogP) is 5.96. The zero-order valence-electron chi connectivity index (χ0n) is 11.7. The van der Waals surface area contributed by atoms with E-state index in [2.05, 4.69) is 30.4 Å². The van der Waals surface area contributed by atoms with Crippen molar-refractivity contribution in [2.24, 2.45) is 5.92 Å². The van der Waals surface area contributed by atoms with Crippen molar-refractivity contribution in [2.45, 2.75) is 70.6 Å². The number of allylic oxidation sites excluding steroid dienone is 6. The minimum absolute atomic E-state index is 0.898. The fourth-order valence-electron chi connectivity index (χ4n) is 3.26. The van der Waals surface area contributed by atoms with Crippen molar-refractivity contribution in [1.82, 2.24) is 0 Å². The second-order valence-corrected chi connectivity index (χ2v) is 5.84. The fraction of sp³-hybridized carbons (Fsp3) is 0.667. The standard InChI is InChI=1S/C18H28/c1-2-4-6-9-13-17(14-10-7-5-3-1)18-15-11-8-12-16-18/h2,4,6,9,13,18H,1,3,5,7-8,10-12,14-16H2/b4-2+,9-6?,17-13?. The molecule has 0 amide bonds. The summed E-state index contributed by atoms with van der Waals surface area (Å²) in [5.41, 5.74) is 1.74. The van der Waals surface area contributed by atoms with Crippen molar-refractivity contribution in [3.05, 3.63) is 36.0 Å². The van der Waals surface area contributed by atoms with Crippen LogP contribution in [-0.4, -0.2) is 0 Å². The molecule has 2 aliphatic rings. The highest BCUT2D eigenvalue weighted by Crippen LogP contribution is 2.32. The summed E-state index contributed by atoms with van der Waals surface area (Å²) >= 11 is 0. The summed E-state index contributed by atoms with van der Waals surface area (Å²) < 4.78 is 0. The van der Waals surface area contributed by atoms with Crippen LogP contribution in [-0.2, 0) is 0 Å². The van der Waals surface area contributed by atoms with Crippen molar-refractivity contribution in [2.75, 3.05) is 0 Å². The van der Waals surface area contributed by atoms with Gasteiger partial charge in [-0.15, -0.1) is 0 Å². The Bertz CT molecular complexity index is 300. The van der Waals surface area contributed by atoms with Crippen LogP contribution in [0.4, 0.5) is 0 Å². The first-order chi connectivity index (χ1) is 8.97. The molecule has 0 aromatic carbocycles. The van der Waals surface area contributed by atoms with Gasteiger partial charge in [0.25, 0.3) is 0 Å². The molecule has 0 heterocycles. The Morgan fingerprint density at radius 1 is 0.722 bits per heavy atom. The Kier molecular flexibility index (Phi) is 6.33. The summed E-state index contributed by atoms with van der Waals surface area (Å²) in [5.74, 6) is 0.898. The average Bonchev–Trinajstić information content (AvgIpc) is 2.40. The summed E-state index contributed by atoms with van der Waals surface area (Å²) in [4.78, 5) is 0. The van der Waals surface area contributed by atoms with Crippen LogP contribution in [0.1, 0.15) is 70.6 Å². The molecule has 0 saturated heterocycles. The summed E-state index contributed by atoms with van der Waals surface area (Å²) in [7, 11) is 0. The number of rotatable bonds is 1. The van der Waals surface area contributed by atoms with Gasteiger partial charge in [-0.05, 0) is 44.4 Å². The Labute approximate surface area is 113 Å². The monoisotopic (exact) mass is 244 g/mol. The van der Waals surface area contributed by atoms with E-state index < -0.39 is 0 Å². The molecule has 0 N–H and O–H groups in total. The van der Waals surface area contributed by atoms with Crippen molar-refractivity contribution in [3.63, 3.8) is 0 Å². The summed E-state index contributed by atoms with van der Waals surface area (Å²) in [5, 5.41) is 0. The number of hydrogen-bond donors (Lipinski definition) is 0. The van der Waals surface area contributed by atoms with Crippen molar-refractivity contribution >= 4 is 0 Å². The summed E-state index contributed by atoms with van der Waals surface area (Å²) in [6.07, 6.45) is 26.9. The maximum Gasteiger partial charge on any atom is -0.0200 e. The van der Waals surface area contributed by atoms with Gasteiger partial charge in [-0.2, -0.15) is 0 Å². The smallest absolute Gasteiger partial charge is 0.0200 e. The molecule has 18 heavy (non-hydrogen) atoms. The first-order valence-corrected chi connectivity index (χ1v) is 7.99. The Hall–Kier alpha value is -0.780. The third-order valence-electron chi connectivity index (χ3n) is 4.38. The van der Waals surface area contributed by atoms with Gasteiger partial charge in [0, 0.05) is 0 Å². The first kappa shape index (κ1) is 13.6. The maximum absolute atomic E-state index is 2.42. The zero-order chi connectivity index (χ0) is 12.5. The van der Waals surface area contributed by atoms with Gasteiger partial charge in [-0.3, -0.25) is 0 Å². The van der Waals surface area contributed by atoms with Crippen LogP contribution >= 0.6 is 0 Å². The molecule has 1 saturated carbocycles. The first-order valence-electron chi connectivity index (χ1n) is 7.99. The van der Waals surface area contributed by atoms with Crippen molar-refractivity contribution < 1.29 is 0 Å². The lowest BCUT2D eigenvalue weighted by Gasteiger charge is -2.24. The van der Waals surface area contributed by atoms with Gasteiger partial charge in [0.1, 0.15) is 0 Å². The highest BCUT2D eigenvalue weighted by molar-refractivity contribution is 5.19. The molecular weight excluding hydrogens is 216 g/mol. The van der Waals surface area contributed by atoms with Gasteiger partial charge < -0.3 is 0 Å². The predicted molar refractivity (Wildman–Crippen MR) is 80.6 cm³/mol. The summed E-state index contributed by atoms with van der Waals surface area (Å²) in [6, 6.07) is 0. The lowest BCUT2D eigenvalue weighted by molar-refractivity contribution is 0.392. The molecule has 0 heteroatoms. The molecule has 0 radical (unpaired) electrons. The summed E-state index contributed by atoms with van der Waals surface area (Å²) in [6.45, 7) is 0. The lowest BCUT2D eigenvalue weighted by atomic mass is 9.81. The molecule has 0 aromatic rings. The molecule has 100 valence electrons. The highest BCUT2D eigenvalue weighted by Gasteiger charge is 2.16. The van der Waals surface area contributed by atoms with Gasteiger partial charge >= 0.3 is 0 Å². The van der Waals surface area contributed by atoms with Crippen LogP contribution < -0.4 is 0 Å². The van der Waals surface area contributed by atoms with E-state index in [0.29, 0.717) is 0 Å². The van der Waals surface area contributed by atoms with Crippen molar-refractivity contribution in [3.8, 4) is 0 Å². The molecule has 0 atom stereocenters. The normalized spacial score (nSPS) is 25.9. The minimum Gasteiger partial charge on any atom is -0.0845 e. The molecular formula is C18H28. The van der Waals surface area contributed by atoms with E-state index in [1.165, 1.54) is 70.6 Å². The van der Waals surface area contributed by atoms with E-state index in [1.807, 2.05) is 0 Å². The van der Waals surface area contributed by atoms with Gasteiger partial charge in [0.05, 0.1) is 0 Å². The third kappa shape index (κ3) is 4.84. The second-order valence-electron chi connectivity index (χ2n) is 5.84. The zero-order valence-corrected chi connectivity index (χ0v) is 11.7. The van der Waals surface area contributed by atoms with Crippen LogP contribution in [0.25, 0.3) is 0 Å². The SMILES string of the molecule is C1=C/C=C/CCCCCCC(C2CCCCC2)=C1. The van der Waals surface area contributed by atoms with E-state index in [0.717, 1.165) is 5.92 Å². The van der Waals surface area contributed by atoms with Gasteiger partial charge in [0.2, 0.25) is 0 Å². The topological polar surface area (TPSA) is 0 Å². The van der Waals surface area contributed by atoms with E-state index in [-0.39, 0.29) is 0 Å². The molecule has 0 nitrogen and oxygen atoms in total. The largest absolute Gasteiger partial charge is 0.0845 e. The molecule has 2 rings (SSSR count). The molecule has 0 spiro atoms. The molecule has 0 unspecified atom stereocenters. The molecule has 0 aromatic heterocycles. The fourth-order valence-corrected chi connectivity index (χ4v) is 3.26. The van der Waals surface area contributed by atoms with E-state index >= 15 is 0 Å². The van der Waals surface area contributed by atoms with Crippen LogP contribution in [0.5, 0.6) is 0 Å². The maximum atomic E-state index is 2.42. The van der Waals surface area contributed by atoms with E-state index in [1.54, 1.807) is 5.57 Å². The van der Waals surface area contributed by atoms with Crippen LogP contribution in [0.3, 0.4) is 0 Å². The Balaban J connectivity index is 1.98. The van der Waals surface area contributed by atoms with Crippen LogP contribution in [0.2, 0.25) is 0 Å². The quantitative estimate of drug-likeness (QED) is 0.534. The molecule has 0 bridgehead atoms. The van der Waals surface area contributed by atoms with Gasteiger partial charge in [-0.25, -0.2) is 0 Å². The minimum atomic E-state index is 0.898. The Morgan fingerprint density at radius 2 is 1.50 bits per heavy atom. The molecule has 2 aliphatic carbocycles. The molecule has 0 aliphatic heterocycles. The van der Waals surface area contributed by atoms with Gasteiger partial charge in [0.15, 0.2) is 0 Å². The third-order valence-corrected chi connectivity index (χ3v) is 4.38. The van der Waals surface area contributed by atoms with Crippen molar-refractivity contribution in [1.29, 1.82) is 0 Å². The highest BCUT2D eigenvalue weighted by atomic mass is 14.2. The second kappa shape index (κ2) is 8.34. The van der Waals surface area contributed by atoms with Crippen LogP contribution in [0.15, 0.2) is 36.0 Å². The number of hydrogen-bond acceptors (Lipinski definition) is 0. The average molecular weight is 244 g/mol. The lowest BCUT2D eigenvalue weighted by Crippen LogP contribution is -2.09. The Morgan fingerprint density at radius 3 is 2.39 bits per heavy atom. The van der Waals surface area contributed by atoms with Gasteiger partial charge in [-0.1, -0.05) is 68.1 Å². The van der Waals surface area contributed by atoms with E-state index in [9.17, 15) is 0 Å². The van der Waals surface area contributed by atoms with Crippen LogP contribution in [0, 0.1) is 5.92 Å². The van der Waals surface area contributed by atoms with E-state index in [4.69, 9.17) is 0 Å². The molecule has 1 fully saturated rings.